The van der Waals surface area contributed by atoms with Gasteiger partial charge in [0.15, 0.2) is 0 Å². The molecular weight excluding hydrogens is 376 g/mol. The fraction of sp³-hybridized carbons (Fsp3) is 0.143. The number of thiophene rings is 1. The normalized spacial score (nSPS) is 11.5. The van der Waals surface area contributed by atoms with Crippen molar-refractivity contribution in [3.63, 3.8) is 0 Å². The van der Waals surface area contributed by atoms with Crippen molar-refractivity contribution in [1.29, 1.82) is 0 Å². The molecule has 0 fully saturated rings. The SMILES string of the molecule is Cc1ccc(Oc2ccc(NC(=O)C(=O)NCC(O)c3ccsc3)cc2)cc1. The topological polar surface area (TPSA) is 87.7 Å². The van der Waals surface area contributed by atoms with Gasteiger partial charge < -0.3 is 20.5 Å². The zero-order chi connectivity index (χ0) is 19.9. The van der Waals surface area contributed by atoms with E-state index in [2.05, 4.69) is 10.6 Å². The van der Waals surface area contributed by atoms with Gasteiger partial charge in [-0.1, -0.05) is 17.7 Å². The predicted octanol–water partition coefficient (Wildman–Crippen LogP) is 3.64. The van der Waals surface area contributed by atoms with Crippen molar-refractivity contribution in [2.24, 2.45) is 0 Å². The molecule has 144 valence electrons. The van der Waals surface area contributed by atoms with E-state index in [1.807, 2.05) is 36.6 Å². The molecule has 0 radical (unpaired) electrons. The Balaban J connectivity index is 1.49. The first-order valence-corrected chi connectivity index (χ1v) is 9.59. The summed E-state index contributed by atoms with van der Waals surface area (Å²) in [5, 5.41) is 18.5. The Morgan fingerprint density at radius 1 is 1.00 bits per heavy atom. The van der Waals surface area contributed by atoms with Crippen LogP contribution in [0.5, 0.6) is 11.5 Å². The summed E-state index contributed by atoms with van der Waals surface area (Å²) in [6.45, 7) is 1.96. The monoisotopic (exact) mass is 396 g/mol. The quantitative estimate of drug-likeness (QED) is 0.555. The smallest absolute Gasteiger partial charge is 0.313 e. The maximum Gasteiger partial charge on any atom is 0.313 e. The number of aliphatic hydroxyl groups excluding tert-OH is 1. The molecule has 7 heteroatoms. The number of benzene rings is 2. The van der Waals surface area contributed by atoms with Gasteiger partial charge in [-0.3, -0.25) is 9.59 Å². The Kier molecular flexibility index (Phi) is 6.41. The molecule has 0 aliphatic heterocycles. The highest BCUT2D eigenvalue weighted by molar-refractivity contribution is 7.07. The zero-order valence-corrected chi connectivity index (χ0v) is 16.0. The van der Waals surface area contributed by atoms with Crippen LogP contribution in [0.1, 0.15) is 17.2 Å². The number of ether oxygens (including phenoxy) is 1. The van der Waals surface area contributed by atoms with Crippen molar-refractivity contribution in [3.8, 4) is 11.5 Å². The largest absolute Gasteiger partial charge is 0.457 e. The van der Waals surface area contributed by atoms with Crippen molar-refractivity contribution < 1.29 is 19.4 Å². The first kappa shape index (κ1) is 19.6. The number of hydrogen-bond acceptors (Lipinski definition) is 5. The van der Waals surface area contributed by atoms with E-state index in [1.165, 1.54) is 11.3 Å². The minimum absolute atomic E-state index is 0.0354. The van der Waals surface area contributed by atoms with Crippen molar-refractivity contribution in [3.05, 3.63) is 76.5 Å². The van der Waals surface area contributed by atoms with E-state index >= 15 is 0 Å². The number of anilines is 1. The van der Waals surface area contributed by atoms with Gasteiger partial charge in [0.05, 0.1) is 6.10 Å². The van der Waals surface area contributed by atoms with Crippen LogP contribution in [0.3, 0.4) is 0 Å². The van der Waals surface area contributed by atoms with E-state index in [9.17, 15) is 14.7 Å². The van der Waals surface area contributed by atoms with Crippen LogP contribution in [0.2, 0.25) is 0 Å². The van der Waals surface area contributed by atoms with Crippen molar-refractivity contribution >= 4 is 28.8 Å². The molecule has 2 aromatic carbocycles. The molecule has 3 N–H and O–H groups in total. The molecule has 2 amide bonds. The number of nitrogens with one attached hydrogen (secondary N) is 2. The Morgan fingerprint density at radius 3 is 2.25 bits per heavy atom. The van der Waals surface area contributed by atoms with Crippen LogP contribution in [-0.4, -0.2) is 23.5 Å². The van der Waals surface area contributed by atoms with Gasteiger partial charge in [0.25, 0.3) is 0 Å². The lowest BCUT2D eigenvalue weighted by atomic mass is 10.2. The second-order valence-corrected chi connectivity index (χ2v) is 6.96. The summed E-state index contributed by atoms with van der Waals surface area (Å²) < 4.78 is 5.72. The third-order valence-corrected chi connectivity index (χ3v) is 4.66. The number of rotatable bonds is 6. The summed E-state index contributed by atoms with van der Waals surface area (Å²) in [7, 11) is 0. The second kappa shape index (κ2) is 9.16. The highest BCUT2D eigenvalue weighted by atomic mass is 32.1. The molecule has 6 nitrogen and oxygen atoms in total. The molecule has 28 heavy (non-hydrogen) atoms. The standard InChI is InChI=1S/C21H20N2O4S/c1-14-2-6-17(7-3-14)27-18-8-4-16(5-9-18)23-21(26)20(25)22-12-19(24)15-10-11-28-13-15/h2-11,13,19,24H,12H2,1H3,(H,22,25)(H,23,26). The third-order valence-electron chi connectivity index (χ3n) is 3.96. The van der Waals surface area contributed by atoms with Gasteiger partial charge in [-0.2, -0.15) is 11.3 Å². The number of aryl methyl sites for hydroxylation is 1. The van der Waals surface area contributed by atoms with Gasteiger partial charge >= 0.3 is 11.8 Å². The summed E-state index contributed by atoms with van der Waals surface area (Å²) in [5.41, 5.74) is 2.32. The van der Waals surface area contributed by atoms with E-state index in [1.54, 1.807) is 35.7 Å². The fourth-order valence-corrected chi connectivity index (χ4v) is 3.10. The number of carbonyl (C=O) groups is 2. The zero-order valence-electron chi connectivity index (χ0n) is 15.2. The number of hydrogen-bond donors (Lipinski definition) is 3. The van der Waals surface area contributed by atoms with Gasteiger partial charge in [0, 0.05) is 12.2 Å². The molecular formula is C21H20N2O4S. The lowest BCUT2D eigenvalue weighted by Crippen LogP contribution is -2.37. The average molecular weight is 396 g/mol. The molecule has 3 rings (SSSR count). The van der Waals surface area contributed by atoms with E-state index < -0.39 is 17.9 Å². The summed E-state index contributed by atoms with van der Waals surface area (Å²) in [6.07, 6.45) is -0.846. The summed E-state index contributed by atoms with van der Waals surface area (Å²) >= 11 is 1.45. The van der Waals surface area contributed by atoms with Gasteiger partial charge in [0.1, 0.15) is 11.5 Å². The Bertz CT molecular complexity index is 922. The molecule has 1 atom stereocenters. The molecule has 3 aromatic rings. The van der Waals surface area contributed by atoms with Crippen LogP contribution in [-0.2, 0) is 9.59 Å². The third kappa shape index (κ3) is 5.42. The molecule has 0 aliphatic rings. The second-order valence-electron chi connectivity index (χ2n) is 6.18. The van der Waals surface area contributed by atoms with Crippen LogP contribution < -0.4 is 15.4 Å². The first-order chi connectivity index (χ1) is 13.5. The molecule has 1 aromatic heterocycles. The minimum Gasteiger partial charge on any atom is -0.457 e. The van der Waals surface area contributed by atoms with Gasteiger partial charge in [0.2, 0.25) is 0 Å². The molecule has 1 unspecified atom stereocenters. The van der Waals surface area contributed by atoms with Crippen LogP contribution in [0, 0.1) is 6.92 Å². The molecule has 0 aliphatic carbocycles. The van der Waals surface area contributed by atoms with E-state index in [4.69, 9.17) is 4.74 Å². The van der Waals surface area contributed by atoms with Crippen molar-refractivity contribution in [2.45, 2.75) is 13.0 Å². The minimum atomic E-state index is -0.846. The maximum atomic E-state index is 12.0. The molecule has 0 saturated carbocycles. The molecule has 0 bridgehead atoms. The average Bonchev–Trinajstić information content (AvgIpc) is 3.24. The summed E-state index contributed by atoms with van der Waals surface area (Å²) in [5.74, 6) is -0.282. The number of aliphatic hydroxyl groups is 1. The molecule has 0 spiro atoms. The van der Waals surface area contributed by atoms with Crippen LogP contribution in [0.4, 0.5) is 5.69 Å². The van der Waals surface area contributed by atoms with Crippen LogP contribution >= 0.6 is 11.3 Å². The van der Waals surface area contributed by atoms with E-state index in [0.717, 1.165) is 5.56 Å². The van der Waals surface area contributed by atoms with Crippen LogP contribution in [0.15, 0.2) is 65.4 Å². The molecule has 0 saturated heterocycles. The highest BCUT2D eigenvalue weighted by Gasteiger charge is 2.16. The van der Waals surface area contributed by atoms with Crippen LogP contribution in [0.25, 0.3) is 0 Å². The van der Waals surface area contributed by atoms with Crippen molar-refractivity contribution in [2.75, 3.05) is 11.9 Å². The predicted molar refractivity (Wildman–Crippen MR) is 109 cm³/mol. The van der Waals surface area contributed by atoms with E-state index in [-0.39, 0.29) is 6.54 Å². The Labute approximate surface area is 166 Å². The van der Waals surface area contributed by atoms with E-state index in [0.29, 0.717) is 22.7 Å². The Morgan fingerprint density at radius 2 is 1.64 bits per heavy atom. The Hall–Kier alpha value is -3.16. The van der Waals surface area contributed by atoms with Crippen molar-refractivity contribution in [1.82, 2.24) is 5.32 Å². The highest BCUT2D eigenvalue weighted by Crippen LogP contribution is 2.23. The van der Waals surface area contributed by atoms with Gasteiger partial charge in [-0.05, 0) is 65.7 Å². The molecule has 1 heterocycles. The van der Waals surface area contributed by atoms with Gasteiger partial charge in [-0.25, -0.2) is 0 Å². The first-order valence-electron chi connectivity index (χ1n) is 8.65. The number of amides is 2. The number of carbonyl (C=O) groups excluding carboxylic acids is 2. The van der Waals surface area contributed by atoms with Gasteiger partial charge in [-0.15, -0.1) is 0 Å². The fourth-order valence-electron chi connectivity index (χ4n) is 2.39. The maximum absolute atomic E-state index is 12.0. The lowest BCUT2D eigenvalue weighted by Gasteiger charge is -2.11. The lowest BCUT2D eigenvalue weighted by molar-refractivity contribution is -0.136. The summed E-state index contributed by atoms with van der Waals surface area (Å²) in [6, 6.07) is 16.1. The summed E-state index contributed by atoms with van der Waals surface area (Å²) in [4.78, 5) is 23.9.